The molecule has 0 bridgehead atoms. The third-order valence-electron chi connectivity index (χ3n) is 3.67. The van der Waals surface area contributed by atoms with Gasteiger partial charge in [0.2, 0.25) is 0 Å². The van der Waals surface area contributed by atoms with Gasteiger partial charge in [0.1, 0.15) is 4.88 Å². The number of amides is 1. The van der Waals surface area contributed by atoms with Crippen molar-refractivity contribution in [1.29, 1.82) is 0 Å². The fourth-order valence-corrected chi connectivity index (χ4v) is 4.19. The molecule has 0 aliphatic heterocycles. The van der Waals surface area contributed by atoms with Crippen LogP contribution in [0, 0.1) is 0 Å². The third kappa shape index (κ3) is 2.32. The monoisotopic (exact) mass is 354 g/mol. The quantitative estimate of drug-likeness (QED) is 0.889. The molecule has 3 rings (SSSR count). The minimum absolute atomic E-state index is 0.0878. The van der Waals surface area contributed by atoms with Crippen molar-refractivity contribution in [3.63, 3.8) is 0 Å². The summed E-state index contributed by atoms with van der Waals surface area (Å²) in [6.07, 6.45) is 2.02. The van der Waals surface area contributed by atoms with Crippen LogP contribution in [0.5, 0.6) is 0 Å². The Balaban J connectivity index is 1.82. The van der Waals surface area contributed by atoms with E-state index in [9.17, 15) is 4.79 Å². The van der Waals surface area contributed by atoms with E-state index in [0.717, 1.165) is 27.4 Å². The lowest BCUT2D eigenvalue weighted by atomic mass is 9.89. The van der Waals surface area contributed by atoms with Crippen LogP contribution in [-0.2, 0) is 4.74 Å². The number of halogens is 1. The highest BCUT2D eigenvalue weighted by molar-refractivity contribution is 9.10. The fraction of sp³-hybridized carbons (Fsp3) is 0.357. The summed E-state index contributed by atoms with van der Waals surface area (Å²) in [5.74, 6) is -0.0878. The van der Waals surface area contributed by atoms with Gasteiger partial charge in [-0.05, 0) is 25.0 Å². The number of benzene rings is 1. The Labute approximate surface area is 129 Å². The van der Waals surface area contributed by atoms with Crippen molar-refractivity contribution in [2.45, 2.75) is 25.0 Å². The number of carbonyl (C=O) groups excluding carboxylic acids is 1. The van der Waals surface area contributed by atoms with Gasteiger partial charge in [-0.2, -0.15) is 0 Å². The number of rotatable bonds is 3. The zero-order chi connectivity index (χ0) is 14.3. The van der Waals surface area contributed by atoms with Crippen LogP contribution in [0.2, 0.25) is 0 Å². The number of hydrogen-bond donors (Lipinski definition) is 2. The van der Waals surface area contributed by atoms with Gasteiger partial charge in [-0.3, -0.25) is 4.79 Å². The summed E-state index contributed by atoms with van der Waals surface area (Å²) in [6.45, 7) is 0. The molecule has 2 aromatic rings. The Morgan fingerprint density at radius 2 is 2.25 bits per heavy atom. The van der Waals surface area contributed by atoms with E-state index in [2.05, 4.69) is 21.2 Å². The van der Waals surface area contributed by atoms with Crippen molar-refractivity contribution in [1.82, 2.24) is 5.32 Å². The van der Waals surface area contributed by atoms with E-state index in [1.807, 2.05) is 18.2 Å². The summed E-state index contributed by atoms with van der Waals surface area (Å²) >= 11 is 4.91. The van der Waals surface area contributed by atoms with Crippen LogP contribution in [0.15, 0.2) is 22.7 Å². The molecule has 6 heteroatoms. The smallest absolute Gasteiger partial charge is 0.263 e. The molecular formula is C14H15BrN2O2S. The van der Waals surface area contributed by atoms with E-state index in [-0.39, 0.29) is 18.1 Å². The molecule has 1 aliphatic rings. The van der Waals surface area contributed by atoms with E-state index in [1.54, 1.807) is 7.11 Å². The van der Waals surface area contributed by atoms with Crippen LogP contribution in [-0.4, -0.2) is 25.2 Å². The lowest BCUT2D eigenvalue weighted by Crippen LogP contribution is -2.47. The molecule has 3 N–H and O–H groups in total. The summed E-state index contributed by atoms with van der Waals surface area (Å²) in [4.78, 5) is 12.9. The number of nitrogens with two attached hydrogens (primary N) is 1. The largest absolute Gasteiger partial charge is 0.397 e. The van der Waals surface area contributed by atoms with E-state index in [0.29, 0.717) is 10.6 Å². The van der Waals surface area contributed by atoms with Crippen LogP contribution in [0.25, 0.3) is 10.1 Å². The van der Waals surface area contributed by atoms with Crippen LogP contribution in [0.1, 0.15) is 22.5 Å². The molecule has 1 aromatic heterocycles. The van der Waals surface area contributed by atoms with Gasteiger partial charge in [0, 0.05) is 27.7 Å². The van der Waals surface area contributed by atoms with Crippen LogP contribution in [0.3, 0.4) is 0 Å². The first-order chi connectivity index (χ1) is 9.60. The SMILES string of the molecule is COC1CC(NC(=O)c2sc3cccc(Br)c3c2N)C1. The Kier molecular flexibility index (Phi) is 3.70. The average molecular weight is 355 g/mol. The molecule has 1 aromatic carbocycles. The third-order valence-corrected chi connectivity index (χ3v) is 5.50. The molecule has 0 spiro atoms. The lowest BCUT2D eigenvalue weighted by Gasteiger charge is -2.34. The number of fused-ring (bicyclic) bond motifs is 1. The Morgan fingerprint density at radius 3 is 2.90 bits per heavy atom. The zero-order valence-electron chi connectivity index (χ0n) is 11.0. The molecule has 20 heavy (non-hydrogen) atoms. The minimum atomic E-state index is -0.0878. The predicted octanol–water partition coefficient (Wildman–Crippen LogP) is 3.15. The molecule has 1 heterocycles. The predicted molar refractivity (Wildman–Crippen MR) is 85.2 cm³/mol. The first kappa shape index (κ1) is 13.9. The zero-order valence-corrected chi connectivity index (χ0v) is 13.4. The summed E-state index contributed by atoms with van der Waals surface area (Å²) < 4.78 is 7.15. The van der Waals surface area contributed by atoms with Crippen molar-refractivity contribution >= 4 is 48.9 Å². The molecule has 106 valence electrons. The normalized spacial score (nSPS) is 21.7. The Morgan fingerprint density at radius 1 is 1.50 bits per heavy atom. The molecule has 4 nitrogen and oxygen atoms in total. The van der Waals surface area contributed by atoms with Crippen LogP contribution >= 0.6 is 27.3 Å². The first-order valence-corrected chi connectivity index (χ1v) is 8.01. The highest BCUT2D eigenvalue weighted by Gasteiger charge is 2.31. The number of nitrogens with one attached hydrogen (secondary N) is 1. The van der Waals surface area contributed by atoms with Gasteiger partial charge < -0.3 is 15.8 Å². The number of nitrogen functional groups attached to an aromatic ring is 1. The van der Waals surface area contributed by atoms with Gasteiger partial charge in [-0.25, -0.2) is 0 Å². The summed E-state index contributed by atoms with van der Waals surface area (Å²) in [6, 6.07) is 6.05. The molecular weight excluding hydrogens is 340 g/mol. The van der Waals surface area contributed by atoms with Crippen LogP contribution < -0.4 is 11.1 Å². The maximum Gasteiger partial charge on any atom is 0.263 e. The van der Waals surface area contributed by atoms with Crippen molar-refractivity contribution < 1.29 is 9.53 Å². The molecule has 0 saturated heterocycles. The Hall–Kier alpha value is -1.11. The number of hydrogen-bond acceptors (Lipinski definition) is 4. The van der Waals surface area contributed by atoms with Crippen molar-refractivity contribution in [3.8, 4) is 0 Å². The van der Waals surface area contributed by atoms with Gasteiger partial charge in [-0.1, -0.05) is 22.0 Å². The van der Waals surface area contributed by atoms with Gasteiger partial charge in [0.25, 0.3) is 5.91 Å². The second-order valence-corrected chi connectivity index (χ2v) is 6.86. The maximum atomic E-state index is 12.3. The van der Waals surface area contributed by atoms with Gasteiger partial charge >= 0.3 is 0 Å². The maximum absolute atomic E-state index is 12.3. The molecule has 0 unspecified atom stereocenters. The molecule has 1 saturated carbocycles. The number of ether oxygens (including phenoxy) is 1. The summed E-state index contributed by atoms with van der Waals surface area (Å²) in [5.41, 5.74) is 6.68. The van der Waals surface area contributed by atoms with E-state index >= 15 is 0 Å². The van der Waals surface area contributed by atoms with Gasteiger partial charge in [0.15, 0.2) is 0 Å². The first-order valence-electron chi connectivity index (χ1n) is 6.40. The van der Waals surface area contributed by atoms with Gasteiger partial charge in [0.05, 0.1) is 11.8 Å². The molecule has 1 aliphatic carbocycles. The minimum Gasteiger partial charge on any atom is -0.397 e. The van der Waals surface area contributed by atoms with Crippen molar-refractivity contribution in [2.75, 3.05) is 12.8 Å². The molecule has 0 atom stereocenters. The number of anilines is 1. The van der Waals surface area contributed by atoms with Crippen molar-refractivity contribution in [2.24, 2.45) is 0 Å². The lowest BCUT2D eigenvalue weighted by molar-refractivity contribution is 0.0177. The molecule has 1 amide bonds. The number of methoxy groups -OCH3 is 1. The molecule has 1 fully saturated rings. The second-order valence-electron chi connectivity index (χ2n) is 4.96. The highest BCUT2D eigenvalue weighted by Crippen LogP contribution is 2.38. The fourth-order valence-electron chi connectivity index (χ4n) is 2.42. The van der Waals surface area contributed by atoms with Crippen molar-refractivity contribution in [3.05, 3.63) is 27.5 Å². The second kappa shape index (κ2) is 5.35. The number of thiophene rings is 1. The summed E-state index contributed by atoms with van der Waals surface area (Å²) in [5, 5.41) is 3.94. The number of carbonyl (C=O) groups is 1. The van der Waals surface area contributed by atoms with E-state index in [1.165, 1.54) is 11.3 Å². The van der Waals surface area contributed by atoms with E-state index < -0.39 is 0 Å². The standard InChI is InChI=1S/C14H15BrN2O2S/c1-19-8-5-7(6-8)17-14(18)13-12(16)11-9(15)3-2-4-10(11)20-13/h2-4,7-8H,5-6,16H2,1H3,(H,17,18). The van der Waals surface area contributed by atoms with Gasteiger partial charge in [-0.15, -0.1) is 11.3 Å². The summed E-state index contributed by atoms with van der Waals surface area (Å²) in [7, 11) is 1.70. The Bertz CT molecular complexity index is 664. The molecule has 0 radical (unpaired) electrons. The topological polar surface area (TPSA) is 64.3 Å². The highest BCUT2D eigenvalue weighted by atomic mass is 79.9. The van der Waals surface area contributed by atoms with E-state index in [4.69, 9.17) is 10.5 Å². The van der Waals surface area contributed by atoms with Crippen LogP contribution in [0.4, 0.5) is 5.69 Å². The average Bonchev–Trinajstić information content (AvgIpc) is 2.72.